The van der Waals surface area contributed by atoms with Gasteiger partial charge < -0.3 is 14.5 Å². The predicted octanol–water partition coefficient (Wildman–Crippen LogP) is 5.26. The fourth-order valence-corrected chi connectivity index (χ4v) is 4.66. The maximum Gasteiger partial charge on any atom is 0.294 e. The number of non-ortho nitro benzene ring substituents is 1. The average molecular weight is 526 g/mol. The van der Waals surface area contributed by atoms with Crippen LogP contribution in [0.2, 0.25) is 0 Å². The van der Waals surface area contributed by atoms with Crippen LogP contribution in [0.3, 0.4) is 0 Å². The van der Waals surface area contributed by atoms with Gasteiger partial charge in [0.25, 0.3) is 16.8 Å². The van der Waals surface area contributed by atoms with Crippen molar-refractivity contribution in [1.29, 1.82) is 0 Å². The molecular formula is C24H19N3O7S2. The van der Waals surface area contributed by atoms with Gasteiger partial charge in [0.05, 0.1) is 28.6 Å². The summed E-state index contributed by atoms with van der Waals surface area (Å²) >= 11 is 2.23. The van der Waals surface area contributed by atoms with Gasteiger partial charge in [-0.1, -0.05) is 6.07 Å². The van der Waals surface area contributed by atoms with Crippen molar-refractivity contribution < 1.29 is 28.5 Å². The van der Waals surface area contributed by atoms with Gasteiger partial charge >= 0.3 is 0 Å². The summed E-state index contributed by atoms with van der Waals surface area (Å²) in [5.74, 6) is -0.209. The van der Waals surface area contributed by atoms with Gasteiger partial charge in [0.1, 0.15) is 23.8 Å². The van der Waals surface area contributed by atoms with Crippen LogP contribution in [0.4, 0.5) is 16.2 Å². The molecular weight excluding hydrogens is 506 g/mol. The first-order valence-electron chi connectivity index (χ1n) is 10.4. The number of anilines is 1. The van der Waals surface area contributed by atoms with Crippen LogP contribution < -0.4 is 10.1 Å². The number of nitro benzene ring substituents is 1. The SMILES string of the molecule is COc1cc([N+](=O)[O-])ccc1-c1ccc(/C=C2/SC(=O)N(CC(=O)Nc3cccc(SC)c3)C2=O)o1. The third-order valence-electron chi connectivity index (χ3n) is 5.09. The number of nitrogens with zero attached hydrogens (tertiary/aromatic N) is 2. The van der Waals surface area contributed by atoms with Crippen molar-refractivity contribution in [3.8, 4) is 17.1 Å². The molecule has 0 atom stereocenters. The molecule has 1 saturated heterocycles. The number of methoxy groups -OCH3 is 1. The molecule has 1 aromatic heterocycles. The molecule has 0 unspecified atom stereocenters. The summed E-state index contributed by atoms with van der Waals surface area (Å²) in [6.45, 7) is -0.422. The lowest BCUT2D eigenvalue weighted by atomic mass is 10.1. The van der Waals surface area contributed by atoms with E-state index in [-0.39, 0.29) is 22.1 Å². The molecule has 12 heteroatoms. The molecule has 2 heterocycles. The summed E-state index contributed by atoms with van der Waals surface area (Å²) in [5, 5.41) is 13.1. The van der Waals surface area contributed by atoms with Gasteiger partial charge in [0.15, 0.2) is 0 Å². The summed E-state index contributed by atoms with van der Waals surface area (Å²) < 4.78 is 11.0. The monoisotopic (exact) mass is 525 g/mol. The maximum atomic E-state index is 12.8. The van der Waals surface area contributed by atoms with Crippen LogP contribution in [0.5, 0.6) is 5.75 Å². The fourth-order valence-electron chi connectivity index (χ4n) is 3.38. The van der Waals surface area contributed by atoms with Crippen molar-refractivity contribution in [3.05, 3.63) is 75.4 Å². The highest BCUT2D eigenvalue weighted by molar-refractivity contribution is 8.18. The Hall–Kier alpha value is -4.03. The van der Waals surface area contributed by atoms with Crippen LogP contribution in [0.15, 0.2) is 68.8 Å². The van der Waals surface area contributed by atoms with Crippen LogP contribution in [0.25, 0.3) is 17.4 Å². The zero-order valence-electron chi connectivity index (χ0n) is 19.0. The fraction of sp³-hybridized carbons (Fsp3) is 0.125. The average Bonchev–Trinajstić information content (AvgIpc) is 3.43. The zero-order valence-corrected chi connectivity index (χ0v) is 20.7. The van der Waals surface area contributed by atoms with Crippen molar-refractivity contribution >= 4 is 58.0 Å². The summed E-state index contributed by atoms with van der Waals surface area (Å²) in [5.41, 5.74) is 0.925. The first-order chi connectivity index (χ1) is 17.3. The van der Waals surface area contributed by atoms with E-state index in [1.165, 1.54) is 43.1 Å². The Morgan fingerprint density at radius 2 is 2.03 bits per heavy atom. The van der Waals surface area contributed by atoms with E-state index in [9.17, 15) is 24.5 Å². The molecule has 3 aromatic rings. The molecule has 0 saturated carbocycles. The normalized spacial score (nSPS) is 14.4. The van der Waals surface area contributed by atoms with Gasteiger partial charge in [-0.2, -0.15) is 0 Å². The molecule has 10 nitrogen and oxygen atoms in total. The highest BCUT2D eigenvalue weighted by Gasteiger charge is 2.36. The van der Waals surface area contributed by atoms with Crippen LogP contribution in [0.1, 0.15) is 5.76 Å². The minimum atomic E-state index is -0.608. The molecule has 0 radical (unpaired) electrons. The number of rotatable bonds is 8. The largest absolute Gasteiger partial charge is 0.496 e. The van der Waals surface area contributed by atoms with Gasteiger partial charge in [-0.3, -0.25) is 29.4 Å². The third-order valence-corrected chi connectivity index (χ3v) is 6.72. The maximum absolute atomic E-state index is 12.8. The lowest BCUT2D eigenvalue weighted by Gasteiger charge is -2.12. The van der Waals surface area contributed by atoms with Gasteiger partial charge in [-0.15, -0.1) is 11.8 Å². The van der Waals surface area contributed by atoms with Gasteiger partial charge in [0, 0.05) is 22.7 Å². The van der Waals surface area contributed by atoms with E-state index in [4.69, 9.17) is 9.15 Å². The zero-order chi connectivity index (χ0) is 25.8. The number of carbonyl (C=O) groups excluding carboxylic acids is 3. The van der Waals surface area contributed by atoms with E-state index in [2.05, 4.69) is 5.32 Å². The van der Waals surface area contributed by atoms with E-state index in [1.54, 1.807) is 30.3 Å². The third kappa shape index (κ3) is 5.44. The topological polar surface area (TPSA) is 132 Å². The highest BCUT2D eigenvalue weighted by Crippen LogP contribution is 2.36. The number of imide groups is 1. The van der Waals surface area contributed by atoms with Crippen LogP contribution in [-0.4, -0.2) is 46.8 Å². The number of hydrogen-bond donors (Lipinski definition) is 1. The Kier molecular flexibility index (Phi) is 7.46. The molecule has 0 spiro atoms. The van der Waals surface area contributed by atoms with E-state index in [0.29, 0.717) is 28.8 Å². The van der Waals surface area contributed by atoms with Gasteiger partial charge in [-0.05, 0) is 54.4 Å². The second-order valence-electron chi connectivity index (χ2n) is 7.39. The number of hydrogen-bond acceptors (Lipinski definition) is 9. The van der Waals surface area contributed by atoms with Crippen LogP contribution in [-0.2, 0) is 9.59 Å². The van der Waals surface area contributed by atoms with Crippen LogP contribution in [0, 0.1) is 10.1 Å². The van der Waals surface area contributed by atoms with E-state index >= 15 is 0 Å². The van der Waals surface area contributed by atoms with Crippen molar-refractivity contribution in [2.45, 2.75) is 4.90 Å². The number of amides is 3. The smallest absolute Gasteiger partial charge is 0.294 e. The Balaban J connectivity index is 1.47. The first kappa shape index (κ1) is 25.1. The van der Waals surface area contributed by atoms with Gasteiger partial charge in [-0.25, -0.2) is 0 Å². The Bertz CT molecular complexity index is 1400. The van der Waals surface area contributed by atoms with E-state index in [0.717, 1.165) is 9.80 Å². The standard InChI is InChI=1S/C24H19N3O7S2/c1-33-20-11-15(27(31)32)6-8-18(20)19-9-7-16(34-19)12-21-23(29)26(24(30)36-21)13-22(28)25-14-4-3-5-17(10-14)35-2/h3-12H,13H2,1-2H3,(H,25,28)/b21-12+. The van der Waals surface area contributed by atoms with Crippen LogP contribution >= 0.6 is 23.5 Å². The molecule has 2 aromatic carbocycles. The number of furan rings is 1. The summed E-state index contributed by atoms with van der Waals surface area (Å²) in [6, 6.07) is 14.5. The lowest BCUT2D eigenvalue weighted by molar-refractivity contribution is -0.384. The molecule has 0 aliphatic carbocycles. The van der Waals surface area contributed by atoms with E-state index in [1.807, 2.05) is 12.3 Å². The highest BCUT2D eigenvalue weighted by atomic mass is 32.2. The van der Waals surface area contributed by atoms with Crippen molar-refractivity contribution in [3.63, 3.8) is 0 Å². The van der Waals surface area contributed by atoms with Gasteiger partial charge in [0.2, 0.25) is 5.91 Å². The van der Waals surface area contributed by atoms with Crippen molar-refractivity contribution in [1.82, 2.24) is 4.90 Å². The van der Waals surface area contributed by atoms with Crippen molar-refractivity contribution in [2.24, 2.45) is 0 Å². The first-order valence-corrected chi connectivity index (χ1v) is 12.4. The summed E-state index contributed by atoms with van der Waals surface area (Å²) in [6.07, 6.45) is 3.32. The summed E-state index contributed by atoms with van der Waals surface area (Å²) in [7, 11) is 1.39. The number of carbonyl (C=O) groups is 3. The molecule has 1 aliphatic heterocycles. The second-order valence-corrected chi connectivity index (χ2v) is 9.26. The molecule has 36 heavy (non-hydrogen) atoms. The minimum Gasteiger partial charge on any atom is -0.496 e. The number of nitrogens with one attached hydrogen (secondary N) is 1. The van der Waals surface area contributed by atoms with Crippen molar-refractivity contribution in [2.75, 3.05) is 25.2 Å². The summed E-state index contributed by atoms with van der Waals surface area (Å²) in [4.78, 5) is 50.1. The predicted molar refractivity (Wildman–Crippen MR) is 137 cm³/mol. The minimum absolute atomic E-state index is 0.105. The second kappa shape index (κ2) is 10.7. The molecule has 1 N–H and O–H groups in total. The molecule has 1 aliphatic rings. The molecule has 3 amide bonds. The Morgan fingerprint density at radius 1 is 1.22 bits per heavy atom. The quantitative estimate of drug-likeness (QED) is 0.181. The number of benzene rings is 2. The Labute approximate surface area is 213 Å². The molecule has 0 bridgehead atoms. The molecule has 4 rings (SSSR count). The molecule has 1 fully saturated rings. The Morgan fingerprint density at radius 3 is 2.75 bits per heavy atom. The number of thioether (sulfide) groups is 2. The lowest BCUT2D eigenvalue weighted by Crippen LogP contribution is -2.36. The number of nitro groups is 1. The number of ether oxygens (including phenoxy) is 1. The molecule has 184 valence electrons. The van der Waals surface area contributed by atoms with E-state index < -0.39 is 28.5 Å².